The molecule has 0 fully saturated rings. The third-order valence-corrected chi connectivity index (χ3v) is 3.96. The Kier molecular flexibility index (Phi) is 2.93. The smallest absolute Gasteiger partial charge is 0.197 e. The molecule has 0 saturated heterocycles. The third kappa shape index (κ3) is 2.10. The SMILES string of the molecule is Brc1nc(-c2ccccc2)c2c(ccc3ccccc32)n1. The maximum Gasteiger partial charge on any atom is 0.197 e. The molecule has 2 nitrogen and oxygen atoms in total. The second-order valence-corrected chi connectivity index (χ2v) is 5.60. The van der Waals surface area contributed by atoms with Crippen LogP contribution in [0.2, 0.25) is 0 Å². The number of nitrogens with zero attached hydrogens (tertiary/aromatic N) is 2. The molecule has 0 aliphatic rings. The van der Waals surface area contributed by atoms with Crippen molar-refractivity contribution in [2.45, 2.75) is 0 Å². The zero-order valence-corrected chi connectivity index (χ0v) is 12.7. The van der Waals surface area contributed by atoms with E-state index in [2.05, 4.69) is 74.4 Å². The van der Waals surface area contributed by atoms with Gasteiger partial charge in [-0.1, -0.05) is 60.7 Å². The Balaban J connectivity index is 2.21. The average Bonchev–Trinajstić information content (AvgIpc) is 2.54. The molecule has 4 aromatic rings. The number of halogens is 1. The molecule has 100 valence electrons. The van der Waals surface area contributed by atoms with Crippen LogP contribution in [0.1, 0.15) is 0 Å². The summed E-state index contributed by atoms with van der Waals surface area (Å²) in [5, 5.41) is 3.48. The molecule has 0 radical (unpaired) electrons. The lowest BCUT2D eigenvalue weighted by atomic mass is 10.0. The lowest BCUT2D eigenvalue weighted by Gasteiger charge is -2.09. The van der Waals surface area contributed by atoms with E-state index in [0.717, 1.165) is 22.2 Å². The molecule has 3 heteroatoms. The zero-order valence-electron chi connectivity index (χ0n) is 11.1. The lowest BCUT2D eigenvalue weighted by molar-refractivity contribution is 1.17. The molecule has 1 heterocycles. The highest BCUT2D eigenvalue weighted by Crippen LogP contribution is 2.32. The molecule has 1 aromatic heterocycles. The van der Waals surface area contributed by atoms with Crippen LogP contribution < -0.4 is 0 Å². The van der Waals surface area contributed by atoms with Gasteiger partial charge in [-0.05, 0) is 32.8 Å². The molecule has 4 rings (SSSR count). The van der Waals surface area contributed by atoms with Crippen LogP contribution in [-0.4, -0.2) is 9.97 Å². The summed E-state index contributed by atoms with van der Waals surface area (Å²) in [4.78, 5) is 9.14. The quantitative estimate of drug-likeness (QED) is 0.352. The molecule has 0 unspecified atom stereocenters. The Morgan fingerprint density at radius 3 is 2.33 bits per heavy atom. The van der Waals surface area contributed by atoms with Crippen LogP contribution in [0.25, 0.3) is 32.9 Å². The number of fused-ring (bicyclic) bond motifs is 3. The number of hydrogen-bond acceptors (Lipinski definition) is 2. The second kappa shape index (κ2) is 4.93. The van der Waals surface area contributed by atoms with Crippen molar-refractivity contribution in [2.75, 3.05) is 0 Å². The maximum absolute atomic E-state index is 4.63. The van der Waals surface area contributed by atoms with E-state index in [9.17, 15) is 0 Å². The monoisotopic (exact) mass is 334 g/mol. The van der Waals surface area contributed by atoms with Crippen LogP contribution in [0.5, 0.6) is 0 Å². The fourth-order valence-electron chi connectivity index (χ4n) is 2.68. The van der Waals surface area contributed by atoms with Gasteiger partial charge in [-0.2, -0.15) is 0 Å². The van der Waals surface area contributed by atoms with Crippen molar-refractivity contribution in [3.8, 4) is 11.3 Å². The highest BCUT2D eigenvalue weighted by molar-refractivity contribution is 9.10. The van der Waals surface area contributed by atoms with Crippen molar-refractivity contribution in [1.29, 1.82) is 0 Å². The molecule has 0 spiro atoms. The van der Waals surface area contributed by atoms with E-state index in [1.165, 1.54) is 10.8 Å². The first-order chi connectivity index (χ1) is 10.3. The minimum Gasteiger partial charge on any atom is -0.222 e. The first-order valence-corrected chi connectivity index (χ1v) is 7.53. The average molecular weight is 335 g/mol. The van der Waals surface area contributed by atoms with Crippen LogP contribution in [0.3, 0.4) is 0 Å². The summed E-state index contributed by atoms with van der Waals surface area (Å²) in [7, 11) is 0. The molecule has 0 bridgehead atoms. The fraction of sp³-hybridized carbons (Fsp3) is 0. The molecular formula is C18H11BrN2. The Bertz CT molecular complexity index is 949. The molecule has 0 saturated carbocycles. The Morgan fingerprint density at radius 1 is 0.714 bits per heavy atom. The van der Waals surface area contributed by atoms with Crippen LogP contribution in [0.15, 0.2) is 71.5 Å². The predicted octanol–water partition coefficient (Wildman–Crippen LogP) is 5.21. The maximum atomic E-state index is 4.63. The van der Waals surface area contributed by atoms with E-state index >= 15 is 0 Å². The van der Waals surface area contributed by atoms with Crippen molar-refractivity contribution >= 4 is 37.6 Å². The normalized spacial score (nSPS) is 11.1. The van der Waals surface area contributed by atoms with E-state index < -0.39 is 0 Å². The van der Waals surface area contributed by atoms with E-state index in [0.29, 0.717) is 4.73 Å². The highest BCUT2D eigenvalue weighted by atomic mass is 79.9. The van der Waals surface area contributed by atoms with Crippen molar-refractivity contribution in [3.05, 3.63) is 71.5 Å². The van der Waals surface area contributed by atoms with E-state index in [1.807, 2.05) is 18.2 Å². The standard InChI is InChI=1S/C18H11BrN2/c19-18-20-15-11-10-12-6-4-5-9-14(12)16(15)17(21-18)13-7-2-1-3-8-13/h1-11H. The number of hydrogen-bond donors (Lipinski definition) is 0. The largest absolute Gasteiger partial charge is 0.222 e. The van der Waals surface area contributed by atoms with Gasteiger partial charge < -0.3 is 0 Å². The highest BCUT2D eigenvalue weighted by Gasteiger charge is 2.11. The molecule has 0 aliphatic heterocycles. The first-order valence-electron chi connectivity index (χ1n) is 6.73. The van der Waals surface area contributed by atoms with Crippen molar-refractivity contribution in [3.63, 3.8) is 0 Å². The molecule has 0 N–H and O–H groups in total. The van der Waals surface area contributed by atoms with Gasteiger partial charge in [0, 0.05) is 10.9 Å². The predicted molar refractivity (Wildman–Crippen MR) is 90.2 cm³/mol. The van der Waals surface area contributed by atoms with Crippen molar-refractivity contribution in [1.82, 2.24) is 9.97 Å². The minimum atomic E-state index is 0.615. The summed E-state index contributed by atoms with van der Waals surface area (Å²) in [6.07, 6.45) is 0. The van der Waals surface area contributed by atoms with Crippen molar-refractivity contribution in [2.24, 2.45) is 0 Å². The van der Waals surface area contributed by atoms with Crippen molar-refractivity contribution < 1.29 is 0 Å². The number of benzene rings is 3. The first kappa shape index (κ1) is 12.5. The summed E-state index contributed by atoms with van der Waals surface area (Å²) in [6.45, 7) is 0. The van der Waals surface area contributed by atoms with E-state index in [1.54, 1.807) is 0 Å². The van der Waals surface area contributed by atoms with Gasteiger partial charge in [-0.25, -0.2) is 9.97 Å². The summed E-state index contributed by atoms with van der Waals surface area (Å²) in [6, 6.07) is 22.7. The van der Waals surface area contributed by atoms with Gasteiger partial charge in [0.25, 0.3) is 0 Å². The van der Waals surface area contributed by atoms with Gasteiger partial charge in [0.1, 0.15) is 0 Å². The van der Waals surface area contributed by atoms with Gasteiger partial charge in [0.15, 0.2) is 4.73 Å². The molecule has 0 atom stereocenters. The Labute approximate surface area is 130 Å². The Hall–Kier alpha value is -2.26. The summed E-state index contributed by atoms with van der Waals surface area (Å²) < 4.78 is 0.615. The molecule has 3 aromatic carbocycles. The fourth-order valence-corrected chi connectivity index (χ4v) is 3.05. The van der Waals surface area contributed by atoms with E-state index in [-0.39, 0.29) is 0 Å². The van der Waals surface area contributed by atoms with Crippen LogP contribution in [-0.2, 0) is 0 Å². The topological polar surface area (TPSA) is 25.8 Å². The summed E-state index contributed by atoms with van der Waals surface area (Å²) in [5.41, 5.74) is 3.01. The second-order valence-electron chi connectivity index (χ2n) is 4.89. The third-order valence-electron chi connectivity index (χ3n) is 3.61. The summed E-state index contributed by atoms with van der Waals surface area (Å²) in [5.74, 6) is 0. The summed E-state index contributed by atoms with van der Waals surface area (Å²) >= 11 is 3.42. The molecule has 0 aliphatic carbocycles. The van der Waals surface area contributed by atoms with Gasteiger partial charge in [-0.15, -0.1) is 0 Å². The van der Waals surface area contributed by atoms with E-state index in [4.69, 9.17) is 0 Å². The molecular weight excluding hydrogens is 324 g/mol. The molecule has 21 heavy (non-hydrogen) atoms. The van der Waals surface area contributed by atoms with Crippen LogP contribution >= 0.6 is 15.9 Å². The number of rotatable bonds is 1. The zero-order chi connectivity index (χ0) is 14.2. The van der Waals surface area contributed by atoms with Crippen LogP contribution in [0, 0.1) is 0 Å². The lowest BCUT2D eigenvalue weighted by Crippen LogP contribution is -1.92. The number of aromatic nitrogens is 2. The molecule has 0 amide bonds. The van der Waals surface area contributed by atoms with Crippen LogP contribution in [0.4, 0.5) is 0 Å². The van der Waals surface area contributed by atoms with Gasteiger partial charge in [0.2, 0.25) is 0 Å². The Morgan fingerprint density at radius 2 is 1.48 bits per heavy atom. The van der Waals surface area contributed by atoms with Gasteiger partial charge in [0.05, 0.1) is 11.2 Å². The van der Waals surface area contributed by atoms with Gasteiger partial charge in [-0.3, -0.25) is 0 Å². The minimum absolute atomic E-state index is 0.615. The van der Waals surface area contributed by atoms with Gasteiger partial charge >= 0.3 is 0 Å².